The summed E-state index contributed by atoms with van der Waals surface area (Å²) in [5.74, 6) is 1.96. The molecule has 28 heavy (non-hydrogen) atoms. The number of hydrogen-bond donors (Lipinski definition) is 0. The first-order valence-corrected chi connectivity index (χ1v) is 9.16. The molecule has 0 N–H and O–H groups in total. The Bertz CT molecular complexity index is 1090. The minimum Gasteiger partial charge on any atom is -0.461 e. The van der Waals surface area contributed by atoms with Crippen LogP contribution in [0.15, 0.2) is 34.7 Å². The van der Waals surface area contributed by atoms with Gasteiger partial charge in [0.05, 0.1) is 11.3 Å². The zero-order valence-corrected chi connectivity index (χ0v) is 18.9. The number of tetrazole rings is 1. The van der Waals surface area contributed by atoms with Crippen molar-refractivity contribution in [3.8, 4) is 17.1 Å². The quantitative estimate of drug-likeness (QED) is 0.340. The summed E-state index contributed by atoms with van der Waals surface area (Å²) in [4.78, 5) is 4.33. The normalized spacial score (nSPS) is 11.4. The number of aryl methyl sites for hydroxylation is 1. The van der Waals surface area contributed by atoms with Gasteiger partial charge in [0.25, 0.3) is 0 Å². The maximum Gasteiger partial charge on any atom is 0.180 e. The Labute approximate surface area is 177 Å². The SMILES string of the molecule is Cc1nc2c[c-]c(-c3nnnn3-c3c(C(C)C)cccc3C(C)C)cc2o1.[Ir]. The average Bonchev–Trinajstić information content (AvgIpc) is 3.25. The molecule has 0 aliphatic rings. The van der Waals surface area contributed by atoms with Gasteiger partial charge in [0, 0.05) is 32.5 Å². The van der Waals surface area contributed by atoms with E-state index in [2.05, 4.69) is 72.5 Å². The van der Waals surface area contributed by atoms with Gasteiger partial charge in [-0.15, -0.1) is 17.7 Å². The zero-order valence-electron chi connectivity index (χ0n) is 16.5. The maximum absolute atomic E-state index is 5.67. The molecule has 0 aliphatic heterocycles. The fourth-order valence-electron chi connectivity index (χ4n) is 3.38. The first kappa shape index (κ1) is 20.4. The standard InChI is InChI=1S/C21H22N5O.Ir/c1-12(2)16-7-6-8-17(13(3)4)20(16)26-21(23-24-25-26)15-9-10-18-19(11-15)27-14(5)22-18;/h6-8,10-13H,1-5H3;/q-1;. The van der Waals surface area contributed by atoms with E-state index in [1.165, 1.54) is 11.1 Å². The van der Waals surface area contributed by atoms with Crippen molar-refractivity contribution in [3.63, 3.8) is 0 Å². The van der Waals surface area contributed by atoms with E-state index >= 15 is 0 Å². The molecule has 7 heteroatoms. The largest absolute Gasteiger partial charge is 0.461 e. The van der Waals surface area contributed by atoms with Gasteiger partial charge in [-0.2, -0.15) is 5.10 Å². The summed E-state index contributed by atoms with van der Waals surface area (Å²) >= 11 is 0. The molecule has 1 radical (unpaired) electrons. The Kier molecular flexibility index (Phi) is 5.77. The molecule has 6 nitrogen and oxygen atoms in total. The van der Waals surface area contributed by atoms with E-state index in [1.54, 1.807) is 0 Å². The van der Waals surface area contributed by atoms with Gasteiger partial charge < -0.3 is 4.42 Å². The second kappa shape index (κ2) is 7.94. The average molecular weight is 553 g/mol. The molecule has 0 unspecified atom stereocenters. The van der Waals surface area contributed by atoms with Crippen molar-refractivity contribution in [2.45, 2.75) is 46.5 Å². The molecule has 147 valence electrons. The fourth-order valence-corrected chi connectivity index (χ4v) is 3.38. The Morgan fingerprint density at radius 2 is 1.75 bits per heavy atom. The zero-order chi connectivity index (χ0) is 19.1. The van der Waals surface area contributed by atoms with Crippen molar-refractivity contribution in [2.75, 3.05) is 0 Å². The van der Waals surface area contributed by atoms with Gasteiger partial charge in [0.2, 0.25) is 0 Å². The minimum absolute atomic E-state index is 0. The molecule has 0 amide bonds. The van der Waals surface area contributed by atoms with Crippen molar-refractivity contribution in [3.05, 3.63) is 53.4 Å². The van der Waals surface area contributed by atoms with E-state index in [1.807, 2.05) is 23.7 Å². The van der Waals surface area contributed by atoms with Crippen LogP contribution in [0.2, 0.25) is 0 Å². The Morgan fingerprint density at radius 3 is 2.39 bits per heavy atom. The number of benzene rings is 2. The topological polar surface area (TPSA) is 69.6 Å². The van der Waals surface area contributed by atoms with Gasteiger partial charge in [-0.3, -0.25) is 4.98 Å². The summed E-state index contributed by atoms with van der Waals surface area (Å²) in [7, 11) is 0. The second-order valence-corrected chi connectivity index (χ2v) is 7.34. The third-order valence-corrected chi connectivity index (χ3v) is 4.69. The first-order valence-electron chi connectivity index (χ1n) is 9.16. The molecule has 0 aliphatic carbocycles. The van der Waals surface area contributed by atoms with Crippen molar-refractivity contribution >= 4 is 11.1 Å². The predicted octanol–water partition coefficient (Wildman–Crippen LogP) is 4.82. The molecule has 2 aromatic heterocycles. The van der Waals surface area contributed by atoms with Crippen LogP contribution in [0.3, 0.4) is 0 Å². The van der Waals surface area contributed by atoms with E-state index in [0.29, 0.717) is 29.1 Å². The molecule has 4 aromatic rings. The number of nitrogens with zero attached hydrogens (tertiary/aromatic N) is 5. The Morgan fingerprint density at radius 1 is 1.07 bits per heavy atom. The van der Waals surface area contributed by atoms with Gasteiger partial charge in [-0.05, 0) is 33.4 Å². The van der Waals surface area contributed by atoms with Crippen molar-refractivity contribution in [2.24, 2.45) is 0 Å². The van der Waals surface area contributed by atoms with Crippen LogP contribution in [0.25, 0.3) is 28.2 Å². The number of rotatable bonds is 4. The molecule has 0 saturated heterocycles. The van der Waals surface area contributed by atoms with E-state index in [4.69, 9.17) is 4.42 Å². The van der Waals surface area contributed by atoms with E-state index in [9.17, 15) is 0 Å². The van der Waals surface area contributed by atoms with Crippen LogP contribution in [0.5, 0.6) is 0 Å². The van der Waals surface area contributed by atoms with Crippen LogP contribution in [0.1, 0.15) is 56.5 Å². The first-order chi connectivity index (χ1) is 13.0. The third-order valence-electron chi connectivity index (χ3n) is 4.69. The molecular weight excluding hydrogens is 530 g/mol. The summed E-state index contributed by atoms with van der Waals surface area (Å²) in [5.41, 5.74) is 5.73. The monoisotopic (exact) mass is 553 g/mol. The third kappa shape index (κ3) is 3.52. The molecule has 0 spiro atoms. The molecule has 0 saturated carbocycles. The molecule has 0 atom stereocenters. The Balaban J connectivity index is 0.00000225. The number of aromatic nitrogens is 5. The predicted molar refractivity (Wildman–Crippen MR) is 104 cm³/mol. The molecule has 0 fully saturated rings. The van der Waals surface area contributed by atoms with Crippen molar-refractivity contribution in [1.82, 2.24) is 25.2 Å². The smallest absolute Gasteiger partial charge is 0.180 e. The molecule has 2 aromatic carbocycles. The number of oxazole rings is 1. The summed E-state index contributed by atoms with van der Waals surface area (Å²) in [6.07, 6.45) is 0. The number of para-hydroxylation sites is 1. The van der Waals surface area contributed by atoms with Crippen LogP contribution >= 0.6 is 0 Å². The van der Waals surface area contributed by atoms with Gasteiger partial charge in [-0.1, -0.05) is 52.0 Å². The number of fused-ring (bicyclic) bond motifs is 1. The summed E-state index contributed by atoms with van der Waals surface area (Å²) in [5, 5.41) is 12.6. The van der Waals surface area contributed by atoms with E-state index in [0.717, 1.165) is 16.8 Å². The summed E-state index contributed by atoms with van der Waals surface area (Å²) in [6, 6.07) is 13.4. The van der Waals surface area contributed by atoms with Gasteiger partial charge in [0.1, 0.15) is 5.82 Å². The van der Waals surface area contributed by atoms with Crippen LogP contribution in [0.4, 0.5) is 0 Å². The summed E-state index contributed by atoms with van der Waals surface area (Å²) in [6.45, 7) is 10.6. The second-order valence-electron chi connectivity index (χ2n) is 7.34. The summed E-state index contributed by atoms with van der Waals surface area (Å²) < 4.78 is 7.49. The molecule has 2 heterocycles. The number of hydrogen-bond acceptors (Lipinski definition) is 5. The van der Waals surface area contributed by atoms with Crippen LogP contribution in [-0.2, 0) is 20.1 Å². The Hall–Kier alpha value is -2.37. The van der Waals surface area contributed by atoms with E-state index in [-0.39, 0.29) is 20.1 Å². The maximum atomic E-state index is 5.67. The molecular formula is C21H22IrN5O-. The van der Waals surface area contributed by atoms with Crippen LogP contribution in [-0.4, -0.2) is 25.2 Å². The van der Waals surface area contributed by atoms with Crippen molar-refractivity contribution in [1.29, 1.82) is 0 Å². The van der Waals surface area contributed by atoms with Crippen LogP contribution in [0, 0.1) is 13.0 Å². The fraction of sp³-hybridized carbons (Fsp3) is 0.333. The van der Waals surface area contributed by atoms with Gasteiger partial charge >= 0.3 is 0 Å². The van der Waals surface area contributed by atoms with Gasteiger partial charge in [-0.25, -0.2) is 4.68 Å². The van der Waals surface area contributed by atoms with Crippen molar-refractivity contribution < 1.29 is 24.5 Å². The minimum atomic E-state index is 0. The molecule has 4 rings (SSSR count). The molecule has 0 bridgehead atoms. The van der Waals surface area contributed by atoms with E-state index < -0.39 is 0 Å². The van der Waals surface area contributed by atoms with Gasteiger partial charge in [0.15, 0.2) is 5.89 Å². The van der Waals surface area contributed by atoms with Crippen LogP contribution < -0.4 is 0 Å².